The van der Waals surface area contributed by atoms with Crippen molar-refractivity contribution in [2.45, 2.75) is 0 Å². The summed E-state index contributed by atoms with van der Waals surface area (Å²) in [5.41, 5.74) is 10.6. The minimum Gasteiger partial charge on any atom is -0.477 e. The number of H-pyrrole nitrogens is 1. The van der Waals surface area contributed by atoms with E-state index in [9.17, 15) is 4.79 Å². The summed E-state index contributed by atoms with van der Waals surface area (Å²) in [4.78, 5) is 12.8. The molecule has 1 rings (SSSR count). The first kappa shape index (κ1) is 6.47. The average molecular weight is 141 g/mol. The molecule has 0 radical (unpaired) electrons. The molecule has 1 aromatic rings. The van der Waals surface area contributed by atoms with Gasteiger partial charge < -0.3 is 21.6 Å². The fourth-order valence-electron chi connectivity index (χ4n) is 0.694. The molecular weight excluding hydrogens is 134 g/mol. The van der Waals surface area contributed by atoms with Gasteiger partial charge >= 0.3 is 5.97 Å². The van der Waals surface area contributed by atoms with Gasteiger partial charge in [0, 0.05) is 6.20 Å². The standard InChI is InChI=1S/C5H7N3O2/c6-2-1-8-4(7)3(2)5(9)10/h1,8H,6-7H2,(H,9,10). The monoisotopic (exact) mass is 141 g/mol. The lowest BCUT2D eigenvalue weighted by Gasteiger charge is -1.91. The summed E-state index contributed by atoms with van der Waals surface area (Å²) in [6, 6.07) is 0. The molecule has 5 heteroatoms. The second-order valence-corrected chi connectivity index (χ2v) is 1.84. The highest BCUT2D eigenvalue weighted by molar-refractivity contribution is 5.98. The van der Waals surface area contributed by atoms with Crippen molar-refractivity contribution in [3.8, 4) is 0 Å². The molecule has 1 heterocycles. The Bertz CT molecular complexity index is 246. The number of anilines is 2. The Kier molecular flexibility index (Phi) is 1.26. The summed E-state index contributed by atoms with van der Waals surface area (Å²) in [6.45, 7) is 0. The van der Waals surface area contributed by atoms with Gasteiger partial charge in [0.05, 0.1) is 5.69 Å². The molecule has 0 bridgehead atoms. The van der Waals surface area contributed by atoms with Crippen LogP contribution in [0.1, 0.15) is 10.4 Å². The van der Waals surface area contributed by atoms with E-state index in [-0.39, 0.29) is 17.1 Å². The van der Waals surface area contributed by atoms with Gasteiger partial charge in [-0.2, -0.15) is 0 Å². The van der Waals surface area contributed by atoms with Gasteiger partial charge in [0.25, 0.3) is 0 Å². The van der Waals surface area contributed by atoms with E-state index >= 15 is 0 Å². The number of carboxylic acid groups (broad SMARTS) is 1. The number of carbonyl (C=O) groups is 1. The molecule has 0 atom stereocenters. The maximum atomic E-state index is 10.3. The largest absolute Gasteiger partial charge is 0.477 e. The lowest BCUT2D eigenvalue weighted by Crippen LogP contribution is -2.02. The Balaban J connectivity index is 3.23. The molecule has 54 valence electrons. The van der Waals surface area contributed by atoms with Crippen LogP contribution in [0.2, 0.25) is 0 Å². The summed E-state index contributed by atoms with van der Waals surface area (Å²) in [5.74, 6) is -1.03. The molecule has 0 aromatic carbocycles. The van der Waals surface area contributed by atoms with E-state index in [0.717, 1.165) is 0 Å². The van der Waals surface area contributed by atoms with Crippen molar-refractivity contribution in [1.82, 2.24) is 4.98 Å². The Morgan fingerprint density at radius 1 is 1.60 bits per heavy atom. The van der Waals surface area contributed by atoms with Gasteiger partial charge in [-0.1, -0.05) is 0 Å². The highest BCUT2D eigenvalue weighted by Crippen LogP contribution is 2.17. The highest BCUT2D eigenvalue weighted by Gasteiger charge is 2.12. The molecule has 0 aliphatic heterocycles. The molecule has 0 amide bonds. The molecule has 0 unspecified atom stereocenters. The number of aromatic carboxylic acids is 1. The predicted octanol–water partition coefficient (Wildman–Crippen LogP) is -0.123. The number of hydrogen-bond donors (Lipinski definition) is 4. The van der Waals surface area contributed by atoms with Gasteiger partial charge in [0.2, 0.25) is 0 Å². The van der Waals surface area contributed by atoms with Crippen LogP contribution in [-0.4, -0.2) is 16.1 Å². The third-order valence-corrected chi connectivity index (χ3v) is 1.16. The molecule has 10 heavy (non-hydrogen) atoms. The van der Waals surface area contributed by atoms with Gasteiger partial charge in [-0.25, -0.2) is 4.79 Å². The van der Waals surface area contributed by atoms with E-state index < -0.39 is 5.97 Å². The van der Waals surface area contributed by atoms with Crippen molar-refractivity contribution in [3.05, 3.63) is 11.8 Å². The predicted molar refractivity (Wildman–Crippen MR) is 36.6 cm³/mol. The number of aromatic amines is 1. The van der Waals surface area contributed by atoms with Crippen molar-refractivity contribution in [2.75, 3.05) is 11.5 Å². The molecule has 0 saturated carbocycles. The molecule has 0 aliphatic carbocycles. The number of carboxylic acids is 1. The fourth-order valence-corrected chi connectivity index (χ4v) is 0.694. The van der Waals surface area contributed by atoms with Crippen LogP contribution in [0.5, 0.6) is 0 Å². The zero-order chi connectivity index (χ0) is 7.72. The SMILES string of the molecule is Nc1c[nH]c(N)c1C(=O)O. The van der Waals surface area contributed by atoms with Crippen molar-refractivity contribution in [1.29, 1.82) is 0 Å². The summed E-state index contributed by atoms with van der Waals surface area (Å²) in [6.07, 6.45) is 1.35. The van der Waals surface area contributed by atoms with Crippen LogP contribution in [0.15, 0.2) is 6.20 Å². The number of nitrogen functional groups attached to an aromatic ring is 2. The van der Waals surface area contributed by atoms with E-state index in [4.69, 9.17) is 16.6 Å². The van der Waals surface area contributed by atoms with Crippen LogP contribution in [0.4, 0.5) is 11.5 Å². The second-order valence-electron chi connectivity index (χ2n) is 1.84. The maximum absolute atomic E-state index is 10.3. The summed E-state index contributed by atoms with van der Waals surface area (Å²) < 4.78 is 0. The third-order valence-electron chi connectivity index (χ3n) is 1.16. The topological polar surface area (TPSA) is 105 Å². The Hall–Kier alpha value is -1.65. The Morgan fingerprint density at radius 2 is 2.20 bits per heavy atom. The Labute approximate surface area is 56.6 Å². The average Bonchev–Trinajstić information content (AvgIpc) is 2.11. The highest BCUT2D eigenvalue weighted by atomic mass is 16.4. The Morgan fingerprint density at radius 3 is 2.40 bits per heavy atom. The lowest BCUT2D eigenvalue weighted by molar-refractivity contribution is 0.0699. The molecule has 0 fully saturated rings. The van der Waals surface area contributed by atoms with Crippen LogP contribution in [0.25, 0.3) is 0 Å². The number of nitrogens with two attached hydrogens (primary N) is 2. The molecule has 1 aromatic heterocycles. The van der Waals surface area contributed by atoms with Crippen LogP contribution >= 0.6 is 0 Å². The normalized spacial score (nSPS) is 9.60. The van der Waals surface area contributed by atoms with Gasteiger partial charge in [-0.3, -0.25) is 0 Å². The molecule has 0 aliphatic rings. The maximum Gasteiger partial charge on any atom is 0.341 e. The molecule has 0 saturated heterocycles. The van der Waals surface area contributed by atoms with E-state index in [2.05, 4.69) is 4.98 Å². The number of rotatable bonds is 1. The van der Waals surface area contributed by atoms with Gasteiger partial charge in [0.1, 0.15) is 11.4 Å². The van der Waals surface area contributed by atoms with Crippen molar-refractivity contribution in [2.24, 2.45) is 0 Å². The van der Waals surface area contributed by atoms with Crippen LogP contribution in [0.3, 0.4) is 0 Å². The van der Waals surface area contributed by atoms with E-state index in [1.807, 2.05) is 0 Å². The first-order valence-electron chi connectivity index (χ1n) is 2.58. The van der Waals surface area contributed by atoms with E-state index in [1.54, 1.807) is 0 Å². The summed E-state index contributed by atoms with van der Waals surface area (Å²) in [5, 5.41) is 8.46. The molecule has 0 spiro atoms. The number of hydrogen-bond acceptors (Lipinski definition) is 3. The lowest BCUT2D eigenvalue weighted by atomic mass is 10.3. The first-order valence-corrected chi connectivity index (χ1v) is 2.58. The van der Waals surface area contributed by atoms with Gasteiger partial charge in [-0.15, -0.1) is 0 Å². The smallest absolute Gasteiger partial charge is 0.341 e. The summed E-state index contributed by atoms with van der Waals surface area (Å²) >= 11 is 0. The van der Waals surface area contributed by atoms with Gasteiger partial charge in [-0.05, 0) is 0 Å². The quantitative estimate of drug-likeness (QED) is 0.437. The molecule has 6 N–H and O–H groups in total. The van der Waals surface area contributed by atoms with Crippen molar-refractivity contribution < 1.29 is 9.90 Å². The van der Waals surface area contributed by atoms with Crippen LogP contribution in [-0.2, 0) is 0 Å². The summed E-state index contributed by atoms with van der Waals surface area (Å²) in [7, 11) is 0. The number of nitrogens with one attached hydrogen (secondary N) is 1. The second kappa shape index (κ2) is 1.94. The van der Waals surface area contributed by atoms with Crippen LogP contribution in [0, 0.1) is 0 Å². The van der Waals surface area contributed by atoms with Gasteiger partial charge in [0.15, 0.2) is 0 Å². The van der Waals surface area contributed by atoms with E-state index in [1.165, 1.54) is 6.20 Å². The minimum atomic E-state index is -1.11. The van der Waals surface area contributed by atoms with E-state index in [0.29, 0.717) is 0 Å². The van der Waals surface area contributed by atoms with Crippen LogP contribution < -0.4 is 11.5 Å². The first-order chi connectivity index (χ1) is 4.63. The minimum absolute atomic E-state index is 0.0556. The fraction of sp³-hybridized carbons (Fsp3) is 0. The third kappa shape index (κ3) is 0.771. The number of aromatic nitrogens is 1. The van der Waals surface area contributed by atoms with Crippen molar-refractivity contribution in [3.63, 3.8) is 0 Å². The van der Waals surface area contributed by atoms with Crippen molar-refractivity contribution >= 4 is 17.5 Å². The zero-order valence-electron chi connectivity index (χ0n) is 5.09. The zero-order valence-corrected chi connectivity index (χ0v) is 5.09. The molecule has 5 nitrogen and oxygen atoms in total. The molecular formula is C5H7N3O2.